The Hall–Kier alpha value is -1.96. The van der Waals surface area contributed by atoms with E-state index in [2.05, 4.69) is 44.2 Å². The third kappa shape index (κ3) is 9.87. The van der Waals surface area contributed by atoms with Crippen molar-refractivity contribution in [3.63, 3.8) is 0 Å². The van der Waals surface area contributed by atoms with Crippen molar-refractivity contribution >= 4 is 11.9 Å². The van der Waals surface area contributed by atoms with Crippen LogP contribution in [0.3, 0.4) is 0 Å². The van der Waals surface area contributed by atoms with E-state index in [0.29, 0.717) is 18.9 Å². The molecule has 0 bridgehead atoms. The second-order valence-electron chi connectivity index (χ2n) is 12.4. The molecular weight excluding hydrogens is 494 g/mol. The van der Waals surface area contributed by atoms with E-state index in [-0.39, 0.29) is 30.5 Å². The van der Waals surface area contributed by atoms with Gasteiger partial charge in [-0.1, -0.05) is 49.8 Å². The number of carbonyl (C=O) groups excluding carboxylic acids is 1. The maximum atomic E-state index is 13.0. The van der Waals surface area contributed by atoms with Crippen LogP contribution in [-0.4, -0.2) is 62.7 Å². The second-order valence-corrected chi connectivity index (χ2v) is 12.4. The summed E-state index contributed by atoms with van der Waals surface area (Å²) in [4.78, 5) is 26.1. The van der Waals surface area contributed by atoms with Crippen molar-refractivity contribution in [3.05, 3.63) is 36.0 Å². The van der Waals surface area contributed by atoms with Crippen LogP contribution in [0.2, 0.25) is 0 Å². The zero-order valence-electron chi connectivity index (χ0n) is 24.3. The largest absolute Gasteiger partial charge is 0.480 e. The Morgan fingerprint density at radius 3 is 2.51 bits per heavy atom. The summed E-state index contributed by atoms with van der Waals surface area (Å²) >= 11 is 0. The van der Waals surface area contributed by atoms with Crippen molar-refractivity contribution in [3.8, 4) is 0 Å². The standard InChI is InChI=1S/C32H51NO6/c1-23(9-5-4-6-10-24(2)21-26-14-16-27(34)17-15-26)12-18-28-19-13-25(3)32(38,39-28)22-30(35)33-20-8-7-11-29(33)31(36)37/h4-6,9-10,24-29,34,38H,7-8,11-22H2,1-3H3,(H,36,37). The molecule has 0 spiro atoms. The highest BCUT2D eigenvalue weighted by molar-refractivity contribution is 5.84. The fraction of sp³-hybridized carbons (Fsp3) is 0.750. The average molecular weight is 546 g/mol. The van der Waals surface area contributed by atoms with Gasteiger partial charge in [0.05, 0.1) is 18.6 Å². The van der Waals surface area contributed by atoms with Crippen molar-refractivity contribution in [2.45, 2.75) is 128 Å². The number of allylic oxidation sites excluding steroid dienone is 6. The number of rotatable bonds is 11. The summed E-state index contributed by atoms with van der Waals surface area (Å²) in [6, 6.07) is -0.810. The normalized spacial score (nSPS) is 33.5. The van der Waals surface area contributed by atoms with E-state index in [0.717, 1.165) is 70.1 Å². The molecule has 5 unspecified atom stereocenters. The molecule has 3 aliphatic rings. The van der Waals surface area contributed by atoms with Crippen LogP contribution in [0.4, 0.5) is 0 Å². The van der Waals surface area contributed by atoms with Gasteiger partial charge < -0.3 is 25.0 Å². The zero-order valence-corrected chi connectivity index (χ0v) is 24.3. The van der Waals surface area contributed by atoms with Crippen LogP contribution >= 0.6 is 0 Å². The van der Waals surface area contributed by atoms with Gasteiger partial charge in [-0.3, -0.25) is 4.79 Å². The molecule has 5 atom stereocenters. The van der Waals surface area contributed by atoms with Gasteiger partial charge in [0.15, 0.2) is 5.79 Å². The Balaban J connectivity index is 1.43. The summed E-state index contributed by atoms with van der Waals surface area (Å²) in [6.45, 7) is 6.67. The number of ether oxygens (including phenoxy) is 1. The molecule has 1 saturated carbocycles. The number of carbonyl (C=O) groups is 2. The first-order valence-electron chi connectivity index (χ1n) is 15.2. The van der Waals surface area contributed by atoms with Crippen molar-refractivity contribution in [1.82, 2.24) is 4.90 Å². The van der Waals surface area contributed by atoms with Crippen LogP contribution in [-0.2, 0) is 14.3 Å². The summed E-state index contributed by atoms with van der Waals surface area (Å²) < 4.78 is 6.12. The zero-order chi connectivity index (χ0) is 28.4. The van der Waals surface area contributed by atoms with Gasteiger partial charge in [0, 0.05) is 12.5 Å². The summed E-state index contributed by atoms with van der Waals surface area (Å²) in [6.07, 6.45) is 20.8. The van der Waals surface area contributed by atoms with E-state index in [1.807, 2.05) is 6.92 Å². The van der Waals surface area contributed by atoms with E-state index in [9.17, 15) is 24.9 Å². The molecule has 39 heavy (non-hydrogen) atoms. The Morgan fingerprint density at radius 2 is 1.79 bits per heavy atom. The molecule has 3 fully saturated rings. The van der Waals surface area contributed by atoms with Crippen LogP contribution in [0.1, 0.15) is 104 Å². The summed E-state index contributed by atoms with van der Waals surface area (Å²) in [5.41, 5.74) is 1.23. The molecule has 3 rings (SSSR count). The third-order valence-corrected chi connectivity index (χ3v) is 9.00. The number of likely N-dealkylation sites (tertiary alicyclic amines) is 1. The first-order valence-corrected chi connectivity index (χ1v) is 15.2. The van der Waals surface area contributed by atoms with Gasteiger partial charge in [0.25, 0.3) is 0 Å². The van der Waals surface area contributed by atoms with Gasteiger partial charge in [0.1, 0.15) is 6.04 Å². The molecule has 0 aromatic carbocycles. The molecule has 1 aliphatic carbocycles. The second kappa shape index (κ2) is 15.2. The van der Waals surface area contributed by atoms with E-state index >= 15 is 0 Å². The molecule has 7 nitrogen and oxygen atoms in total. The van der Waals surface area contributed by atoms with E-state index in [1.54, 1.807) is 0 Å². The smallest absolute Gasteiger partial charge is 0.326 e. The van der Waals surface area contributed by atoms with E-state index < -0.39 is 17.8 Å². The number of amides is 1. The third-order valence-electron chi connectivity index (χ3n) is 9.00. The Bertz CT molecular complexity index is 889. The van der Waals surface area contributed by atoms with Crippen LogP contribution in [0.25, 0.3) is 0 Å². The predicted octanol–water partition coefficient (Wildman–Crippen LogP) is 5.76. The topological polar surface area (TPSA) is 107 Å². The van der Waals surface area contributed by atoms with E-state index in [1.165, 1.54) is 16.9 Å². The summed E-state index contributed by atoms with van der Waals surface area (Å²) in [5.74, 6) is -1.81. The maximum Gasteiger partial charge on any atom is 0.326 e. The summed E-state index contributed by atoms with van der Waals surface area (Å²) in [5, 5.41) is 30.5. The molecule has 0 aromatic heterocycles. The predicted molar refractivity (Wildman–Crippen MR) is 153 cm³/mol. The SMILES string of the molecule is CC(=CC=CC=CC(C)CC1CCC(O)CC1)CCC1CCC(C)C(O)(CC(=O)N2CCCCC2C(=O)O)O1. The minimum Gasteiger partial charge on any atom is -0.480 e. The molecule has 2 saturated heterocycles. The average Bonchev–Trinajstić information content (AvgIpc) is 2.90. The minimum atomic E-state index is -1.56. The maximum absolute atomic E-state index is 13.0. The van der Waals surface area contributed by atoms with Crippen LogP contribution < -0.4 is 0 Å². The summed E-state index contributed by atoms with van der Waals surface area (Å²) in [7, 11) is 0. The number of hydrogen-bond donors (Lipinski definition) is 3. The lowest BCUT2D eigenvalue weighted by molar-refractivity contribution is -0.281. The minimum absolute atomic E-state index is 0.0910. The van der Waals surface area contributed by atoms with E-state index in [4.69, 9.17) is 4.74 Å². The molecule has 2 aliphatic heterocycles. The molecule has 1 amide bonds. The molecule has 0 radical (unpaired) electrons. The number of carboxylic acids is 1. The molecule has 7 heteroatoms. The van der Waals surface area contributed by atoms with Gasteiger partial charge in [-0.2, -0.15) is 0 Å². The number of carboxylic acid groups (broad SMARTS) is 1. The van der Waals surface area contributed by atoms with Crippen molar-refractivity contribution in [1.29, 1.82) is 0 Å². The lowest BCUT2D eigenvalue weighted by atomic mass is 9.82. The lowest BCUT2D eigenvalue weighted by Crippen LogP contribution is -2.54. The van der Waals surface area contributed by atoms with Gasteiger partial charge in [0.2, 0.25) is 5.91 Å². The molecule has 2 heterocycles. The quantitative estimate of drug-likeness (QED) is 0.285. The monoisotopic (exact) mass is 545 g/mol. The van der Waals surface area contributed by atoms with Crippen LogP contribution in [0.5, 0.6) is 0 Å². The van der Waals surface area contributed by atoms with Crippen molar-refractivity contribution in [2.75, 3.05) is 6.54 Å². The fourth-order valence-corrected chi connectivity index (χ4v) is 6.34. The van der Waals surface area contributed by atoms with Gasteiger partial charge in [-0.05, 0) is 95.8 Å². The Morgan fingerprint density at radius 1 is 1.05 bits per heavy atom. The van der Waals surface area contributed by atoms with Crippen molar-refractivity contribution < 1.29 is 29.6 Å². The molecule has 220 valence electrons. The van der Waals surface area contributed by atoms with Gasteiger partial charge in [-0.15, -0.1) is 0 Å². The van der Waals surface area contributed by atoms with Gasteiger partial charge >= 0.3 is 5.97 Å². The van der Waals surface area contributed by atoms with Gasteiger partial charge in [-0.25, -0.2) is 4.79 Å². The number of aliphatic hydroxyl groups is 2. The highest BCUT2D eigenvalue weighted by atomic mass is 16.6. The number of hydrogen-bond acceptors (Lipinski definition) is 5. The molecular formula is C32H51NO6. The Kier molecular flexibility index (Phi) is 12.3. The van der Waals surface area contributed by atoms with Crippen molar-refractivity contribution in [2.24, 2.45) is 17.8 Å². The highest BCUT2D eigenvalue weighted by Crippen LogP contribution is 2.37. The van der Waals surface area contributed by atoms with Crippen LogP contribution in [0.15, 0.2) is 36.0 Å². The highest BCUT2D eigenvalue weighted by Gasteiger charge is 2.45. The number of aliphatic hydroxyl groups excluding tert-OH is 1. The first kappa shape index (κ1) is 31.6. The number of nitrogens with zero attached hydrogens (tertiary/aromatic N) is 1. The lowest BCUT2D eigenvalue weighted by Gasteiger charge is -2.43. The molecule has 0 aromatic rings. The first-order chi connectivity index (χ1) is 18.6. The fourth-order valence-electron chi connectivity index (χ4n) is 6.34. The molecule has 3 N–H and O–H groups in total. The number of aliphatic carboxylic acids is 1. The van der Waals surface area contributed by atoms with Crippen LogP contribution in [0, 0.1) is 17.8 Å². The Labute approximate surface area is 235 Å². The number of piperidine rings is 1.